The molecule has 0 radical (unpaired) electrons. The van der Waals surface area contributed by atoms with E-state index in [2.05, 4.69) is 10.3 Å². The molecule has 0 aliphatic rings. The summed E-state index contributed by atoms with van der Waals surface area (Å²) in [5.41, 5.74) is 6.16. The first kappa shape index (κ1) is 13.3. The van der Waals surface area contributed by atoms with Gasteiger partial charge < -0.3 is 11.1 Å². The van der Waals surface area contributed by atoms with E-state index in [1.165, 1.54) is 12.1 Å². The topological polar surface area (TPSA) is 68.0 Å². The van der Waals surface area contributed by atoms with Crippen molar-refractivity contribution in [2.75, 3.05) is 12.3 Å². The fraction of sp³-hybridized carbons (Fsp3) is 0.400. The van der Waals surface area contributed by atoms with Crippen LogP contribution in [-0.2, 0) is 0 Å². The van der Waals surface area contributed by atoms with Gasteiger partial charge in [0, 0.05) is 17.8 Å². The first-order valence-corrected chi connectivity index (χ1v) is 4.87. The second-order valence-corrected chi connectivity index (χ2v) is 3.54. The summed E-state index contributed by atoms with van der Waals surface area (Å²) in [5, 5.41) is 2.17. The van der Waals surface area contributed by atoms with Gasteiger partial charge in [-0.15, -0.1) is 0 Å². The summed E-state index contributed by atoms with van der Waals surface area (Å²) in [4.78, 5) is 15.3. The molecule has 7 heteroatoms. The zero-order valence-corrected chi connectivity index (χ0v) is 9.14. The Labute approximate surface area is 96.0 Å². The van der Waals surface area contributed by atoms with Gasteiger partial charge in [-0.05, 0) is 19.1 Å². The van der Waals surface area contributed by atoms with Crippen LogP contribution in [0.4, 0.5) is 19.0 Å². The van der Waals surface area contributed by atoms with Gasteiger partial charge in [0.15, 0.2) is 0 Å². The predicted molar refractivity (Wildman–Crippen MR) is 56.4 cm³/mol. The molecule has 17 heavy (non-hydrogen) atoms. The Morgan fingerprint density at radius 2 is 2.12 bits per heavy atom. The number of hydrogen-bond donors (Lipinski definition) is 2. The van der Waals surface area contributed by atoms with Crippen LogP contribution in [0, 0.1) is 6.92 Å². The van der Waals surface area contributed by atoms with Crippen LogP contribution in [0.25, 0.3) is 0 Å². The number of carbonyl (C=O) groups excluding carboxylic acids is 1. The molecule has 94 valence electrons. The lowest BCUT2D eigenvalue weighted by Gasteiger charge is -2.08. The van der Waals surface area contributed by atoms with E-state index in [0.29, 0.717) is 5.69 Å². The minimum atomic E-state index is -4.28. The standard InChI is InChI=1S/C10H12F3N3O/c1-6-4-7(5-8(14)16-6)9(17)15-3-2-10(11,12)13/h4-5H,2-3H2,1H3,(H2,14,16)(H,15,17). The second kappa shape index (κ2) is 5.03. The largest absolute Gasteiger partial charge is 0.390 e. The summed E-state index contributed by atoms with van der Waals surface area (Å²) in [6, 6.07) is 2.77. The third kappa shape index (κ3) is 4.71. The average Bonchev–Trinajstić information content (AvgIpc) is 2.13. The molecule has 3 N–H and O–H groups in total. The molecule has 4 nitrogen and oxygen atoms in total. The number of rotatable bonds is 3. The average molecular weight is 247 g/mol. The van der Waals surface area contributed by atoms with E-state index in [0.717, 1.165) is 0 Å². The van der Waals surface area contributed by atoms with Crippen LogP contribution in [0.2, 0.25) is 0 Å². The normalized spacial score (nSPS) is 11.3. The maximum absolute atomic E-state index is 11.9. The van der Waals surface area contributed by atoms with Crippen LogP contribution in [-0.4, -0.2) is 23.6 Å². The lowest BCUT2D eigenvalue weighted by molar-refractivity contribution is -0.132. The highest BCUT2D eigenvalue weighted by molar-refractivity contribution is 5.94. The Balaban J connectivity index is 2.58. The minimum Gasteiger partial charge on any atom is -0.384 e. The molecule has 0 aliphatic heterocycles. The molecular weight excluding hydrogens is 235 g/mol. The van der Waals surface area contributed by atoms with Crippen molar-refractivity contribution in [2.24, 2.45) is 0 Å². The molecule has 1 aromatic heterocycles. The molecular formula is C10H12F3N3O. The fourth-order valence-electron chi connectivity index (χ4n) is 1.25. The highest BCUT2D eigenvalue weighted by Gasteiger charge is 2.26. The number of carbonyl (C=O) groups is 1. The van der Waals surface area contributed by atoms with Gasteiger partial charge in [-0.2, -0.15) is 13.2 Å². The van der Waals surface area contributed by atoms with Crippen LogP contribution in [0.3, 0.4) is 0 Å². The Bertz CT molecular complexity index is 397. The molecule has 0 saturated carbocycles. The fourth-order valence-corrected chi connectivity index (χ4v) is 1.25. The van der Waals surface area contributed by atoms with Crippen molar-refractivity contribution < 1.29 is 18.0 Å². The number of pyridine rings is 1. The molecule has 1 aromatic rings. The van der Waals surface area contributed by atoms with E-state index in [1.807, 2.05) is 0 Å². The number of nitrogens with zero attached hydrogens (tertiary/aromatic N) is 1. The summed E-state index contributed by atoms with van der Waals surface area (Å²) in [5.74, 6) is -0.433. The summed E-state index contributed by atoms with van der Waals surface area (Å²) in [6.07, 6.45) is -5.33. The highest BCUT2D eigenvalue weighted by Crippen LogP contribution is 2.18. The highest BCUT2D eigenvalue weighted by atomic mass is 19.4. The minimum absolute atomic E-state index is 0.158. The second-order valence-electron chi connectivity index (χ2n) is 3.54. The third-order valence-corrected chi connectivity index (χ3v) is 1.93. The molecule has 0 saturated heterocycles. The van der Waals surface area contributed by atoms with Gasteiger partial charge in [0.25, 0.3) is 5.91 Å². The Hall–Kier alpha value is -1.79. The van der Waals surface area contributed by atoms with E-state index < -0.39 is 25.0 Å². The van der Waals surface area contributed by atoms with Crippen LogP contribution < -0.4 is 11.1 Å². The quantitative estimate of drug-likeness (QED) is 0.853. The summed E-state index contributed by atoms with van der Waals surface area (Å²) in [6.45, 7) is 1.19. The number of alkyl halides is 3. The van der Waals surface area contributed by atoms with Gasteiger partial charge in [-0.1, -0.05) is 0 Å². The van der Waals surface area contributed by atoms with E-state index in [1.54, 1.807) is 6.92 Å². The number of nitrogen functional groups attached to an aromatic ring is 1. The lowest BCUT2D eigenvalue weighted by atomic mass is 10.2. The molecule has 1 heterocycles. The van der Waals surface area contributed by atoms with Crippen molar-refractivity contribution in [1.29, 1.82) is 0 Å². The first-order valence-electron chi connectivity index (χ1n) is 4.87. The monoisotopic (exact) mass is 247 g/mol. The van der Waals surface area contributed by atoms with Crippen molar-refractivity contribution >= 4 is 11.7 Å². The number of amides is 1. The zero-order chi connectivity index (χ0) is 13.1. The van der Waals surface area contributed by atoms with Crippen molar-refractivity contribution in [3.63, 3.8) is 0 Å². The van der Waals surface area contributed by atoms with Gasteiger partial charge in [-0.25, -0.2) is 4.98 Å². The van der Waals surface area contributed by atoms with E-state index in [-0.39, 0.29) is 11.4 Å². The molecule has 0 spiro atoms. The maximum Gasteiger partial charge on any atom is 0.390 e. The number of nitrogens with one attached hydrogen (secondary N) is 1. The van der Waals surface area contributed by atoms with Gasteiger partial charge in [0.2, 0.25) is 0 Å². The number of hydrogen-bond acceptors (Lipinski definition) is 3. The Morgan fingerprint density at radius 3 is 2.65 bits per heavy atom. The van der Waals surface area contributed by atoms with Crippen LogP contribution >= 0.6 is 0 Å². The number of aromatic nitrogens is 1. The third-order valence-electron chi connectivity index (χ3n) is 1.93. The molecule has 1 rings (SSSR count). The smallest absolute Gasteiger partial charge is 0.384 e. The SMILES string of the molecule is Cc1cc(C(=O)NCCC(F)(F)F)cc(N)n1. The van der Waals surface area contributed by atoms with Gasteiger partial charge >= 0.3 is 6.18 Å². The Kier molecular flexibility index (Phi) is 3.93. The zero-order valence-electron chi connectivity index (χ0n) is 9.14. The van der Waals surface area contributed by atoms with E-state index in [9.17, 15) is 18.0 Å². The molecule has 1 amide bonds. The maximum atomic E-state index is 11.9. The molecule has 0 aromatic carbocycles. The van der Waals surface area contributed by atoms with Gasteiger partial charge in [0.05, 0.1) is 6.42 Å². The summed E-state index contributed by atoms with van der Waals surface area (Å²) >= 11 is 0. The van der Waals surface area contributed by atoms with Crippen molar-refractivity contribution in [1.82, 2.24) is 10.3 Å². The van der Waals surface area contributed by atoms with Crippen molar-refractivity contribution in [3.8, 4) is 0 Å². The van der Waals surface area contributed by atoms with Crippen LogP contribution in [0.5, 0.6) is 0 Å². The number of aryl methyl sites for hydroxylation is 1. The van der Waals surface area contributed by atoms with E-state index >= 15 is 0 Å². The van der Waals surface area contributed by atoms with Crippen molar-refractivity contribution in [2.45, 2.75) is 19.5 Å². The molecule has 0 aliphatic carbocycles. The first-order chi connectivity index (χ1) is 7.78. The molecule has 0 bridgehead atoms. The molecule has 0 fully saturated rings. The predicted octanol–water partition coefficient (Wildman–Crippen LogP) is 1.65. The van der Waals surface area contributed by atoms with Crippen LogP contribution in [0.1, 0.15) is 22.5 Å². The number of halogens is 3. The lowest BCUT2D eigenvalue weighted by Crippen LogP contribution is -2.28. The van der Waals surface area contributed by atoms with E-state index in [4.69, 9.17) is 5.73 Å². The van der Waals surface area contributed by atoms with Gasteiger partial charge in [-0.3, -0.25) is 4.79 Å². The number of nitrogens with two attached hydrogens (primary N) is 1. The summed E-state index contributed by atoms with van der Waals surface area (Å²) in [7, 11) is 0. The molecule has 0 atom stereocenters. The van der Waals surface area contributed by atoms with Crippen molar-refractivity contribution in [3.05, 3.63) is 23.4 Å². The Morgan fingerprint density at radius 1 is 1.47 bits per heavy atom. The van der Waals surface area contributed by atoms with Gasteiger partial charge in [0.1, 0.15) is 5.82 Å². The molecule has 0 unspecified atom stereocenters. The number of anilines is 1. The summed E-state index contributed by atoms with van der Waals surface area (Å²) < 4.78 is 35.6. The van der Waals surface area contributed by atoms with Crippen LogP contribution in [0.15, 0.2) is 12.1 Å².